The van der Waals surface area contributed by atoms with E-state index in [1.54, 1.807) is 0 Å². The molecule has 13 rings (SSSR count). The molecule has 0 N–H and O–H groups in total. The van der Waals surface area contributed by atoms with Crippen molar-refractivity contribution in [3.63, 3.8) is 0 Å². The quantitative estimate of drug-likeness (QED) is 0.129. The summed E-state index contributed by atoms with van der Waals surface area (Å²) in [4.78, 5) is 7.18. The molecule has 71 heavy (non-hydrogen) atoms. The van der Waals surface area contributed by atoms with Gasteiger partial charge in [-0.3, -0.25) is 0 Å². The van der Waals surface area contributed by atoms with E-state index in [1.807, 2.05) is 0 Å². The topological polar surface area (TPSA) is 19.6 Å². The Morgan fingerprint density at radius 1 is 0.211 bits per heavy atom. The number of aromatic nitrogens is 2. The highest BCUT2D eigenvalue weighted by Crippen LogP contribution is 2.49. The second-order valence-electron chi connectivity index (χ2n) is 17.8. The molecule has 2 aromatic heterocycles. The molecule has 5 heteroatoms. The Kier molecular flexibility index (Phi) is 10.4. The molecule has 0 atom stereocenters. The summed E-state index contributed by atoms with van der Waals surface area (Å²) in [5.74, 6) is 0. The molecule has 0 fully saturated rings. The molecule has 0 saturated heterocycles. The Hall–Kier alpha value is -9.58. The summed E-state index contributed by atoms with van der Waals surface area (Å²) < 4.78 is 4.95. The van der Waals surface area contributed by atoms with E-state index >= 15 is 0 Å². The van der Waals surface area contributed by atoms with Crippen molar-refractivity contribution in [2.24, 2.45) is 0 Å². The lowest BCUT2D eigenvalue weighted by atomic mass is 10.1. The van der Waals surface area contributed by atoms with E-state index in [0.717, 1.165) is 95.4 Å². The van der Waals surface area contributed by atoms with Crippen LogP contribution in [0.5, 0.6) is 0 Å². The van der Waals surface area contributed by atoms with E-state index in [2.05, 4.69) is 309 Å². The van der Waals surface area contributed by atoms with Crippen LogP contribution >= 0.6 is 0 Å². The molecule has 0 bridgehead atoms. The average Bonchev–Trinajstić information content (AvgIpc) is 3.96. The number of para-hydroxylation sites is 9. The lowest BCUT2D eigenvalue weighted by Gasteiger charge is -2.31. The van der Waals surface area contributed by atoms with Gasteiger partial charge in [0.25, 0.3) is 0 Å². The molecule has 2 heterocycles. The normalized spacial score (nSPS) is 11.4. The second-order valence-corrected chi connectivity index (χ2v) is 17.8. The van der Waals surface area contributed by atoms with E-state index in [-0.39, 0.29) is 0 Å². The maximum Gasteiger partial charge on any atom is 0.0784 e. The van der Waals surface area contributed by atoms with Crippen LogP contribution in [0.1, 0.15) is 0 Å². The van der Waals surface area contributed by atoms with Crippen LogP contribution in [-0.4, -0.2) is 9.13 Å². The number of hydrogen-bond acceptors (Lipinski definition) is 3. The third-order valence-electron chi connectivity index (χ3n) is 13.6. The van der Waals surface area contributed by atoms with Crippen LogP contribution in [-0.2, 0) is 0 Å². The maximum absolute atomic E-state index is 2.51. The zero-order chi connectivity index (χ0) is 47.1. The summed E-state index contributed by atoms with van der Waals surface area (Å²) in [6.07, 6.45) is 0. The molecule has 0 aliphatic carbocycles. The molecule has 0 spiro atoms. The SMILES string of the molecule is c1ccc(N(c2ccccc2)c2cc(-n3c4ccccc4c4ccccc43)cc(-n3c4ccccc4c4cc(N(c5ccccc5)c5ccccc5)cc(N(c5ccccc5)c5ccccc5)c43)c2)cc1. The minimum Gasteiger partial charge on any atom is -0.310 e. The standard InChI is InChI=1S/C66H47N5/c1-7-25-48(26-8-1)67(49-27-9-2-10-28-49)54-43-55(70-62-40-22-19-37-58(62)59-38-20-23-41-63(59)70)45-56(44-54)71-64-42-24-21-39-60(64)61-46-57(68(50-29-11-3-12-30-50)51-31-13-4-14-32-51)47-65(66(61)71)69(52-33-15-5-16-34-52)53-35-17-6-18-36-53/h1-47H. The van der Waals surface area contributed by atoms with E-state index in [1.165, 1.54) is 10.8 Å². The Morgan fingerprint density at radius 3 is 0.901 bits per heavy atom. The number of fused-ring (bicyclic) bond motifs is 6. The van der Waals surface area contributed by atoms with Crippen molar-refractivity contribution in [1.29, 1.82) is 0 Å². The van der Waals surface area contributed by atoms with Gasteiger partial charge in [-0.25, -0.2) is 0 Å². The molecule has 0 aliphatic heterocycles. The Labute approximate surface area is 413 Å². The van der Waals surface area contributed by atoms with Crippen LogP contribution in [0, 0.1) is 0 Å². The van der Waals surface area contributed by atoms with Crippen molar-refractivity contribution >= 4 is 94.8 Å². The zero-order valence-corrected chi connectivity index (χ0v) is 38.9. The maximum atomic E-state index is 2.51. The molecule has 0 amide bonds. The first kappa shape index (κ1) is 41.6. The lowest BCUT2D eigenvalue weighted by molar-refractivity contribution is 1.12. The fourth-order valence-electron chi connectivity index (χ4n) is 10.6. The second kappa shape index (κ2) is 17.8. The first-order valence-electron chi connectivity index (χ1n) is 24.2. The number of anilines is 9. The van der Waals surface area contributed by atoms with Gasteiger partial charge in [-0.2, -0.15) is 0 Å². The van der Waals surface area contributed by atoms with Crippen molar-refractivity contribution in [2.45, 2.75) is 0 Å². The van der Waals surface area contributed by atoms with E-state index < -0.39 is 0 Å². The first-order chi connectivity index (χ1) is 35.3. The van der Waals surface area contributed by atoms with Crippen molar-refractivity contribution in [3.8, 4) is 11.4 Å². The van der Waals surface area contributed by atoms with Crippen LogP contribution in [0.15, 0.2) is 285 Å². The summed E-state index contributed by atoms with van der Waals surface area (Å²) in [5, 5.41) is 4.72. The number of hydrogen-bond donors (Lipinski definition) is 0. The van der Waals surface area contributed by atoms with Gasteiger partial charge in [0.1, 0.15) is 0 Å². The number of nitrogens with zero attached hydrogens (tertiary/aromatic N) is 5. The third-order valence-corrected chi connectivity index (χ3v) is 13.6. The summed E-state index contributed by atoms with van der Waals surface area (Å²) in [6.45, 7) is 0. The smallest absolute Gasteiger partial charge is 0.0784 e. The fraction of sp³-hybridized carbons (Fsp3) is 0. The number of rotatable bonds is 11. The summed E-state index contributed by atoms with van der Waals surface area (Å²) >= 11 is 0. The summed E-state index contributed by atoms with van der Waals surface area (Å²) in [6, 6.07) is 103. The van der Waals surface area contributed by atoms with Crippen molar-refractivity contribution in [2.75, 3.05) is 14.7 Å². The molecular formula is C66H47N5. The molecular weight excluding hydrogens is 863 g/mol. The van der Waals surface area contributed by atoms with Crippen LogP contribution in [0.2, 0.25) is 0 Å². The van der Waals surface area contributed by atoms with Crippen molar-refractivity contribution < 1.29 is 0 Å². The van der Waals surface area contributed by atoms with Gasteiger partial charge < -0.3 is 23.8 Å². The minimum atomic E-state index is 1.03. The van der Waals surface area contributed by atoms with Gasteiger partial charge in [0, 0.05) is 61.4 Å². The van der Waals surface area contributed by atoms with E-state index in [4.69, 9.17) is 0 Å². The van der Waals surface area contributed by atoms with Crippen LogP contribution < -0.4 is 14.7 Å². The highest BCUT2D eigenvalue weighted by Gasteiger charge is 2.27. The molecule has 336 valence electrons. The molecule has 13 aromatic rings. The number of benzene rings is 11. The lowest BCUT2D eigenvalue weighted by Crippen LogP contribution is -2.15. The van der Waals surface area contributed by atoms with Gasteiger partial charge in [0.2, 0.25) is 0 Å². The van der Waals surface area contributed by atoms with Crippen LogP contribution in [0.4, 0.5) is 51.2 Å². The molecule has 0 saturated carbocycles. The van der Waals surface area contributed by atoms with Gasteiger partial charge >= 0.3 is 0 Å². The van der Waals surface area contributed by atoms with Crippen LogP contribution in [0.3, 0.4) is 0 Å². The molecule has 0 radical (unpaired) electrons. The summed E-state index contributed by atoms with van der Waals surface area (Å²) in [5.41, 5.74) is 16.1. The highest BCUT2D eigenvalue weighted by atomic mass is 15.2. The van der Waals surface area contributed by atoms with Gasteiger partial charge in [-0.15, -0.1) is 0 Å². The van der Waals surface area contributed by atoms with Gasteiger partial charge in [-0.05, 0) is 121 Å². The Balaban J connectivity index is 1.18. The van der Waals surface area contributed by atoms with Gasteiger partial charge in [0.05, 0.1) is 44.8 Å². The monoisotopic (exact) mass is 909 g/mol. The predicted molar refractivity (Wildman–Crippen MR) is 299 cm³/mol. The Bertz CT molecular complexity index is 3810. The largest absolute Gasteiger partial charge is 0.310 e. The van der Waals surface area contributed by atoms with E-state index in [9.17, 15) is 0 Å². The van der Waals surface area contributed by atoms with Crippen molar-refractivity contribution in [1.82, 2.24) is 9.13 Å². The first-order valence-corrected chi connectivity index (χ1v) is 24.2. The Morgan fingerprint density at radius 2 is 0.507 bits per heavy atom. The van der Waals surface area contributed by atoms with Gasteiger partial charge in [0.15, 0.2) is 0 Å². The summed E-state index contributed by atoms with van der Waals surface area (Å²) in [7, 11) is 0. The van der Waals surface area contributed by atoms with Crippen LogP contribution in [0.25, 0.3) is 55.0 Å². The van der Waals surface area contributed by atoms with Crippen molar-refractivity contribution in [3.05, 3.63) is 285 Å². The molecule has 11 aromatic carbocycles. The third kappa shape index (κ3) is 7.36. The average molecular weight is 910 g/mol. The highest BCUT2D eigenvalue weighted by molar-refractivity contribution is 6.16. The van der Waals surface area contributed by atoms with Gasteiger partial charge in [-0.1, -0.05) is 164 Å². The molecule has 0 aliphatic rings. The molecule has 0 unspecified atom stereocenters. The predicted octanol–water partition coefficient (Wildman–Crippen LogP) is 18.3. The zero-order valence-electron chi connectivity index (χ0n) is 38.9. The fourth-order valence-corrected chi connectivity index (χ4v) is 10.6. The minimum absolute atomic E-state index is 1.03. The van der Waals surface area contributed by atoms with E-state index in [0.29, 0.717) is 0 Å². The molecule has 5 nitrogen and oxygen atoms in total.